The van der Waals surface area contributed by atoms with E-state index in [0.717, 1.165) is 16.8 Å². The molecule has 0 bridgehead atoms. The molecule has 0 fully saturated rings. The molecule has 1 heterocycles. The number of anilines is 1. The minimum atomic E-state index is -0.219. The second kappa shape index (κ2) is 4.80. The molecule has 2 aromatic rings. The first-order valence-corrected chi connectivity index (χ1v) is 6.00. The summed E-state index contributed by atoms with van der Waals surface area (Å²) < 4.78 is 15.5. The molecular weight excluding hydrogens is 229 g/mol. The first-order valence-electron chi connectivity index (χ1n) is 6.00. The lowest BCUT2D eigenvalue weighted by Gasteiger charge is -2.15. The highest BCUT2D eigenvalue weighted by Crippen LogP contribution is 2.23. The molecule has 96 valence electrons. The number of hydrogen-bond donors (Lipinski definition) is 1. The molecule has 0 aliphatic heterocycles. The lowest BCUT2D eigenvalue weighted by Crippen LogP contribution is -2.08. The Balaban J connectivity index is 2.21. The van der Waals surface area contributed by atoms with Crippen molar-refractivity contribution in [3.8, 4) is 0 Å². The van der Waals surface area contributed by atoms with E-state index >= 15 is 0 Å². The van der Waals surface area contributed by atoms with E-state index in [1.807, 2.05) is 40.1 Å². The standard InChI is InChI=1S/C14H18FN3/c1-9-5-6-14(13(15)7-9)16-10(2)12-8-18(4)17-11(12)3/h5-8,10,16H,1-4H3. The number of halogens is 1. The predicted molar refractivity (Wildman–Crippen MR) is 71.1 cm³/mol. The van der Waals surface area contributed by atoms with Gasteiger partial charge in [-0.25, -0.2) is 4.39 Å². The molecule has 1 atom stereocenters. The summed E-state index contributed by atoms with van der Waals surface area (Å²) in [5.41, 5.74) is 3.49. The predicted octanol–water partition coefficient (Wildman–Crippen LogP) is 3.35. The fraction of sp³-hybridized carbons (Fsp3) is 0.357. The van der Waals surface area contributed by atoms with Gasteiger partial charge in [0.25, 0.3) is 0 Å². The third-order valence-electron chi connectivity index (χ3n) is 3.01. The molecule has 2 rings (SSSR count). The molecule has 0 aliphatic carbocycles. The lowest BCUT2D eigenvalue weighted by atomic mass is 10.1. The van der Waals surface area contributed by atoms with Crippen LogP contribution in [0.2, 0.25) is 0 Å². The molecular formula is C14H18FN3. The monoisotopic (exact) mass is 247 g/mol. The van der Waals surface area contributed by atoms with Crippen molar-refractivity contribution in [2.24, 2.45) is 7.05 Å². The highest BCUT2D eigenvalue weighted by molar-refractivity contribution is 5.48. The zero-order valence-corrected chi connectivity index (χ0v) is 11.2. The summed E-state index contributed by atoms with van der Waals surface area (Å²) >= 11 is 0. The van der Waals surface area contributed by atoms with E-state index in [2.05, 4.69) is 10.4 Å². The van der Waals surface area contributed by atoms with Crippen LogP contribution in [0.15, 0.2) is 24.4 Å². The van der Waals surface area contributed by atoms with Crippen molar-refractivity contribution >= 4 is 5.69 Å². The van der Waals surface area contributed by atoms with Gasteiger partial charge >= 0.3 is 0 Å². The number of aryl methyl sites for hydroxylation is 3. The van der Waals surface area contributed by atoms with Gasteiger partial charge in [0.2, 0.25) is 0 Å². The summed E-state index contributed by atoms with van der Waals surface area (Å²) in [4.78, 5) is 0. The maximum atomic E-state index is 13.7. The van der Waals surface area contributed by atoms with Crippen molar-refractivity contribution in [2.45, 2.75) is 26.8 Å². The van der Waals surface area contributed by atoms with E-state index in [1.165, 1.54) is 6.07 Å². The van der Waals surface area contributed by atoms with Gasteiger partial charge in [0, 0.05) is 18.8 Å². The lowest BCUT2D eigenvalue weighted by molar-refractivity contribution is 0.626. The van der Waals surface area contributed by atoms with Crippen LogP contribution < -0.4 is 5.32 Å². The summed E-state index contributed by atoms with van der Waals surface area (Å²) in [6, 6.07) is 5.22. The van der Waals surface area contributed by atoms with Crippen molar-refractivity contribution in [1.82, 2.24) is 9.78 Å². The molecule has 1 aromatic carbocycles. The molecule has 3 nitrogen and oxygen atoms in total. The average molecular weight is 247 g/mol. The van der Waals surface area contributed by atoms with Crippen LogP contribution in [0, 0.1) is 19.7 Å². The summed E-state index contributed by atoms with van der Waals surface area (Å²) in [6.45, 7) is 5.84. The van der Waals surface area contributed by atoms with E-state index in [1.54, 1.807) is 10.7 Å². The number of aromatic nitrogens is 2. The van der Waals surface area contributed by atoms with Crippen LogP contribution in [0.5, 0.6) is 0 Å². The molecule has 0 aliphatic rings. The smallest absolute Gasteiger partial charge is 0.146 e. The zero-order valence-electron chi connectivity index (χ0n) is 11.2. The Kier molecular flexibility index (Phi) is 3.36. The molecule has 4 heteroatoms. The van der Waals surface area contributed by atoms with Crippen LogP contribution in [-0.4, -0.2) is 9.78 Å². The van der Waals surface area contributed by atoms with Crippen molar-refractivity contribution in [2.75, 3.05) is 5.32 Å². The normalized spacial score (nSPS) is 12.5. The number of benzene rings is 1. The third-order valence-corrected chi connectivity index (χ3v) is 3.01. The summed E-state index contributed by atoms with van der Waals surface area (Å²) in [7, 11) is 1.88. The Morgan fingerprint density at radius 1 is 1.33 bits per heavy atom. The van der Waals surface area contributed by atoms with Gasteiger partial charge in [-0.1, -0.05) is 6.07 Å². The number of rotatable bonds is 3. The Labute approximate surface area is 107 Å². The Morgan fingerprint density at radius 2 is 2.06 bits per heavy atom. The van der Waals surface area contributed by atoms with E-state index in [9.17, 15) is 4.39 Å². The first-order chi connectivity index (χ1) is 8.47. The fourth-order valence-electron chi connectivity index (χ4n) is 2.09. The van der Waals surface area contributed by atoms with Crippen LogP contribution in [-0.2, 0) is 7.05 Å². The maximum absolute atomic E-state index is 13.7. The van der Waals surface area contributed by atoms with Crippen molar-refractivity contribution < 1.29 is 4.39 Å². The number of nitrogens with zero attached hydrogens (tertiary/aromatic N) is 2. The number of nitrogens with one attached hydrogen (secondary N) is 1. The topological polar surface area (TPSA) is 29.9 Å². The molecule has 1 unspecified atom stereocenters. The molecule has 0 saturated carbocycles. The van der Waals surface area contributed by atoms with Gasteiger partial charge in [-0.15, -0.1) is 0 Å². The summed E-state index contributed by atoms with van der Waals surface area (Å²) in [6.07, 6.45) is 1.96. The summed E-state index contributed by atoms with van der Waals surface area (Å²) in [5.74, 6) is -0.219. The average Bonchev–Trinajstić information content (AvgIpc) is 2.62. The van der Waals surface area contributed by atoms with E-state index < -0.39 is 0 Å². The van der Waals surface area contributed by atoms with Crippen molar-refractivity contribution in [1.29, 1.82) is 0 Å². The molecule has 0 saturated heterocycles. The summed E-state index contributed by atoms with van der Waals surface area (Å²) in [5, 5.41) is 7.47. The van der Waals surface area contributed by atoms with Gasteiger partial charge in [-0.2, -0.15) is 5.10 Å². The molecule has 1 aromatic heterocycles. The van der Waals surface area contributed by atoms with E-state index in [4.69, 9.17) is 0 Å². The Bertz CT molecular complexity index is 560. The van der Waals surface area contributed by atoms with Crippen molar-refractivity contribution in [3.63, 3.8) is 0 Å². The SMILES string of the molecule is Cc1ccc(NC(C)c2cn(C)nc2C)c(F)c1. The minimum Gasteiger partial charge on any atom is -0.376 e. The largest absolute Gasteiger partial charge is 0.376 e. The number of hydrogen-bond acceptors (Lipinski definition) is 2. The second-order valence-electron chi connectivity index (χ2n) is 4.69. The third kappa shape index (κ3) is 2.53. The van der Waals surface area contributed by atoms with Crippen LogP contribution in [0.4, 0.5) is 10.1 Å². The zero-order chi connectivity index (χ0) is 13.3. The second-order valence-corrected chi connectivity index (χ2v) is 4.69. The van der Waals surface area contributed by atoms with Crippen LogP contribution in [0.3, 0.4) is 0 Å². The molecule has 0 spiro atoms. The van der Waals surface area contributed by atoms with Crippen LogP contribution in [0.25, 0.3) is 0 Å². The van der Waals surface area contributed by atoms with Gasteiger partial charge in [-0.05, 0) is 38.5 Å². The Morgan fingerprint density at radius 3 is 2.61 bits per heavy atom. The maximum Gasteiger partial charge on any atom is 0.146 e. The van der Waals surface area contributed by atoms with Crippen LogP contribution in [0.1, 0.15) is 29.8 Å². The fourth-order valence-corrected chi connectivity index (χ4v) is 2.09. The van der Waals surface area contributed by atoms with E-state index in [0.29, 0.717) is 5.69 Å². The Hall–Kier alpha value is -1.84. The highest BCUT2D eigenvalue weighted by atomic mass is 19.1. The molecule has 0 radical (unpaired) electrons. The van der Waals surface area contributed by atoms with Crippen LogP contribution >= 0.6 is 0 Å². The van der Waals surface area contributed by atoms with Gasteiger partial charge in [-0.3, -0.25) is 4.68 Å². The van der Waals surface area contributed by atoms with E-state index in [-0.39, 0.29) is 11.9 Å². The minimum absolute atomic E-state index is 0.0240. The molecule has 0 amide bonds. The first kappa shape index (κ1) is 12.6. The van der Waals surface area contributed by atoms with Crippen molar-refractivity contribution in [3.05, 3.63) is 47.0 Å². The van der Waals surface area contributed by atoms with Gasteiger partial charge in [0.15, 0.2) is 0 Å². The highest BCUT2D eigenvalue weighted by Gasteiger charge is 2.13. The van der Waals surface area contributed by atoms with Gasteiger partial charge in [0.1, 0.15) is 5.82 Å². The molecule has 1 N–H and O–H groups in total. The molecule has 18 heavy (non-hydrogen) atoms. The van der Waals surface area contributed by atoms with Gasteiger partial charge in [0.05, 0.1) is 17.4 Å². The quantitative estimate of drug-likeness (QED) is 0.901. The van der Waals surface area contributed by atoms with Gasteiger partial charge < -0.3 is 5.32 Å².